The van der Waals surface area contributed by atoms with Crippen molar-refractivity contribution in [2.45, 2.75) is 46.6 Å². The van der Waals surface area contributed by atoms with E-state index in [4.69, 9.17) is 0 Å². The lowest BCUT2D eigenvalue weighted by Crippen LogP contribution is -2.26. The van der Waals surface area contributed by atoms with Crippen LogP contribution in [-0.4, -0.2) is 12.6 Å². The number of aryl methyl sites for hydroxylation is 1. The summed E-state index contributed by atoms with van der Waals surface area (Å²) in [6.07, 6.45) is 2.40. The van der Waals surface area contributed by atoms with Gasteiger partial charge < -0.3 is 10.6 Å². The highest BCUT2D eigenvalue weighted by Gasteiger charge is 2.21. The molecule has 2 rings (SSSR count). The van der Waals surface area contributed by atoms with E-state index in [0.29, 0.717) is 11.5 Å². The smallest absolute Gasteiger partial charge is 0.0607 e. The number of hydrogen-bond acceptors (Lipinski definition) is 2. The molecule has 1 unspecified atom stereocenters. The highest BCUT2D eigenvalue weighted by Crippen LogP contribution is 2.32. The molecule has 0 aromatic heterocycles. The second-order valence-corrected chi connectivity index (χ2v) is 6.32. The third kappa shape index (κ3) is 3.15. The summed E-state index contributed by atoms with van der Waals surface area (Å²) in [4.78, 5) is 0. The maximum Gasteiger partial charge on any atom is 0.0607 e. The highest BCUT2D eigenvalue weighted by atomic mass is 15.0. The van der Waals surface area contributed by atoms with Crippen molar-refractivity contribution in [2.75, 3.05) is 17.2 Å². The molecule has 0 amide bonds. The van der Waals surface area contributed by atoms with Gasteiger partial charge in [0, 0.05) is 12.6 Å². The molecular weight excluding hydrogens is 208 g/mol. The van der Waals surface area contributed by atoms with E-state index in [1.54, 1.807) is 0 Å². The average molecular weight is 232 g/mol. The van der Waals surface area contributed by atoms with Crippen molar-refractivity contribution in [3.63, 3.8) is 0 Å². The number of rotatable bonds is 1. The molecule has 0 saturated heterocycles. The summed E-state index contributed by atoms with van der Waals surface area (Å²) in [6, 6.07) is 7.03. The number of benzene rings is 1. The molecule has 17 heavy (non-hydrogen) atoms. The molecule has 1 aliphatic rings. The number of fused-ring (bicyclic) bond motifs is 1. The Hall–Kier alpha value is -1.18. The van der Waals surface area contributed by atoms with E-state index in [-0.39, 0.29) is 0 Å². The number of para-hydroxylation sites is 1. The van der Waals surface area contributed by atoms with Crippen molar-refractivity contribution in [1.82, 2.24) is 0 Å². The summed E-state index contributed by atoms with van der Waals surface area (Å²) in [7, 11) is 0. The van der Waals surface area contributed by atoms with Crippen molar-refractivity contribution in [2.24, 2.45) is 5.41 Å². The zero-order valence-electron chi connectivity index (χ0n) is 11.4. The normalized spacial score (nSPS) is 19.9. The van der Waals surface area contributed by atoms with Crippen LogP contribution in [0.5, 0.6) is 0 Å². The largest absolute Gasteiger partial charge is 0.383 e. The molecule has 2 N–H and O–H groups in total. The third-order valence-electron chi connectivity index (χ3n) is 3.29. The van der Waals surface area contributed by atoms with E-state index >= 15 is 0 Å². The Morgan fingerprint density at radius 2 is 2.06 bits per heavy atom. The molecule has 2 nitrogen and oxygen atoms in total. The fourth-order valence-electron chi connectivity index (χ4n) is 2.56. The van der Waals surface area contributed by atoms with Crippen LogP contribution in [0.1, 0.15) is 39.2 Å². The van der Waals surface area contributed by atoms with E-state index < -0.39 is 0 Å². The van der Waals surface area contributed by atoms with Gasteiger partial charge in [-0.2, -0.15) is 0 Å². The lowest BCUT2D eigenvalue weighted by molar-refractivity contribution is 0.345. The molecule has 0 bridgehead atoms. The molecule has 0 spiro atoms. The SMILES string of the molecule is Cc1cccc2c1NC(CC(C)(C)C)CCN2. The van der Waals surface area contributed by atoms with Gasteiger partial charge in [0.1, 0.15) is 0 Å². The van der Waals surface area contributed by atoms with Crippen LogP contribution in [0.2, 0.25) is 0 Å². The summed E-state index contributed by atoms with van der Waals surface area (Å²) in [6.45, 7) is 10.2. The molecule has 94 valence electrons. The number of anilines is 2. The molecule has 0 fully saturated rings. The number of nitrogens with one attached hydrogen (secondary N) is 2. The Balaban J connectivity index is 2.19. The predicted octanol–water partition coefficient (Wildman–Crippen LogP) is 4.03. The van der Waals surface area contributed by atoms with Crippen LogP contribution in [0.4, 0.5) is 11.4 Å². The second kappa shape index (κ2) is 4.59. The Labute approximate surface area is 105 Å². The van der Waals surface area contributed by atoms with Crippen LogP contribution in [0.3, 0.4) is 0 Å². The monoisotopic (exact) mass is 232 g/mol. The molecular formula is C15H24N2. The van der Waals surface area contributed by atoms with Gasteiger partial charge in [-0.15, -0.1) is 0 Å². The first-order chi connectivity index (χ1) is 7.96. The minimum Gasteiger partial charge on any atom is -0.383 e. The third-order valence-corrected chi connectivity index (χ3v) is 3.29. The van der Waals surface area contributed by atoms with Gasteiger partial charge >= 0.3 is 0 Å². The summed E-state index contributed by atoms with van der Waals surface area (Å²) in [5.41, 5.74) is 4.25. The Morgan fingerprint density at radius 3 is 2.76 bits per heavy atom. The van der Waals surface area contributed by atoms with E-state index in [1.807, 2.05) is 0 Å². The maximum absolute atomic E-state index is 3.72. The van der Waals surface area contributed by atoms with E-state index in [9.17, 15) is 0 Å². The number of hydrogen-bond donors (Lipinski definition) is 2. The molecule has 1 aliphatic heterocycles. The average Bonchev–Trinajstić information content (AvgIpc) is 2.38. The summed E-state index contributed by atoms with van der Waals surface area (Å²) < 4.78 is 0. The lowest BCUT2D eigenvalue weighted by Gasteiger charge is -2.26. The van der Waals surface area contributed by atoms with Gasteiger partial charge in [0.25, 0.3) is 0 Å². The van der Waals surface area contributed by atoms with E-state index in [2.05, 4.69) is 56.5 Å². The van der Waals surface area contributed by atoms with Crippen molar-refractivity contribution < 1.29 is 0 Å². The summed E-state index contributed by atoms with van der Waals surface area (Å²) in [5.74, 6) is 0. The van der Waals surface area contributed by atoms with Crippen molar-refractivity contribution >= 4 is 11.4 Å². The van der Waals surface area contributed by atoms with Gasteiger partial charge in [0.15, 0.2) is 0 Å². The molecule has 0 radical (unpaired) electrons. The first-order valence-corrected chi connectivity index (χ1v) is 6.56. The first kappa shape index (κ1) is 12.3. The molecule has 0 aliphatic carbocycles. The van der Waals surface area contributed by atoms with Gasteiger partial charge in [-0.25, -0.2) is 0 Å². The second-order valence-electron chi connectivity index (χ2n) is 6.32. The minimum atomic E-state index is 0.380. The molecule has 1 aromatic carbocycles. The Kier molecular flexibility index (Phi) is 3.32. The quantitative estimate of drug-likeness (QED) is 0.764. The molecule has 2 heteroatoms. The van der Waals surface area contributed by atoms with Gasteiger partial charge in [0.2, 0.25) is 0 Å². The molecule has 0 saturated carbocycles. The standard InChI is InChI=1S/C15H24N2/c1-11-6-5-7-13-14(11)17-12(8-9-16-13)10-15(2,3)4/h5-7,12,16-17H,8-10H2,1-4H3. The van der Waals surface area contributed by atoms with Gasteiger partial charge in [-0.1, -0.05) is 32.9 Å². The maximum atomic E-state index is 3.72. The molecule has 1 aromatic rings. The fourth-order valence-corrected chi connectivity index (χ4v) is 2.56. The lowest BCUT2D eigenvalue weighted by atomic mass is 9.87. The predicted molar refractivity (Wildman–Crippen MR) is 75.8 cm³/mol. The van der Waals surface area contributed by atoms with Crippen molar-refractivity contribution in [3.05, 3.63) is 23.8 Å². The topological polar surface area (TPSA) is 24.1 Å². The van der Waals surface area contributed by atoms with Gasteiger partial charge in [-0.05, 0) is 36.8 Å². The zero-order chi connectivity index (χ0) is 12.5. The minimum absolute atomic E-state index is 0.380. The Bertz CT molecular complexity index is 390. The zero-order valence-corrected chi connectivity index (χ0v) is 11.4. The van der Waals surface area contributed by atoms with Crippen LogP contribution in [0, 0.1) is 12.3 Å². The highest BCUT2D eigenvalue weighted by molar-refractivity contribution is 5.73. The van der Waals surface area contributed by atoms with Crippen LogP contribution < -0.4 is 10.6 Å². The van der Waals surface area contributed by atoms with Crippen LogP contribution in [0.15, 0.2) is 18.2 Å². The van der Waals surface area contributed by atoms with Crippen molar-refractivity contribution in [1.29, 1.82) is 0 Å². The van der Waals surface area contributed by atoms with Gasteiger partial charge in [-0.3, -0.25) is 0 Å². The summed E-state index contributed by atoms with van der Waals surface area (Å²) >= 11 is 0. The van der Waals surface area contributed by atoms with Crippen molar-refractivity contribution in [3.8, 4) is 0 Å². The fraction of sp³-hybridized carbons (Fsp3) is 0.600. The van der Waals surface area contributed by atoms with E-state index in [0.717, 1.165) is 6.54 Å². The van der Waals surface area contributed by atoms with Gasteiger partial charge in [0.05, 0.1) is 11.4 Å². The van der Waals surface area contributed by atoms with E-state index in [1.165, 1.54) is 29.8 Å². The molecule has 1 heterocycles. The first-order valence-electron chi connectivity index (χ1n) is 6.56. The van der Waals surface area contributed by atoms with Crippen LogP contribution >= 0.6 is 0 Å². The molecule has 1 atom stereocenters. The van der Waals surface area contributed by atoms with Crippen LogP contribution in [0.25, 0.3) is 0 Å². The summed E-state index contributed by atoms with van der Waals surface area (Å²) in [5, 5.41) is 7.24. The Morgan fingerprint density at radius 1 is 1.29 bits per heavy atom. The van der Waals surface area contributed by atoms with Crippen LogP contribution in [-0.2, 0) is 0 Å².